The first kappa shape index (κ1) is 36.8. The zero-order chi connectivity index (χ0) is 40.9. The van der Waals surface area contributed by atoms with Crippen LogP contribution in [0.15, 0.2) is 224 Å². The van der Waals surface area contributed by atoms with E-state index in [9.17, 15) is 0 Å². The van der Waals surface area contributed by atoms with Crippen molar-refractivity contribution in [3.05, 3.63) is 252 Å². The number of thiophene rings is 1. The summed E-state index contributed by atoms with van der Waals surface area (Å²) in [5, 5.41) is 2.62. The van der Waals surface area contributed by atoms with Gasteiger partial charge in [0.2, 0.25) is 0 Å². The van der Waals surface area contributed by atoms with Crippen molar-refractivity contribution in [2.24, 2.45) is 0 Å². The Morgan fingerprint density at radius 2 is 0.934 bits per heavy atom. The molecule has 1 aliphatic rings. The molecule has 0 unspecified atom stereocenters. The predicted molar refractivity (Wildman–Crippen MR) is 260 cm³/mol. The SMILES string of the molecule is CC(C)c1ccc(C2(c3cccc4c3sc3ccccc34)c3ccccc3N(c3ccc(N(c4ccccc4)c4ccc(-c5ccccc5)cc4)cc3)c3ccccc32)cc1. The van der Waals surface area contributed by atoms with Crippen molar-refractivity contribution < 1.29 is 0 Å². The molecule has 0 spiro atoms. The summed E-state index contributed by atoms with van der Waals surface area (Å²) >= 11 is 1.91. The number of anilines is 6. The van der Waals surface area contributed by atoms with Gasteiger partial charge in [0.25, 0.3) is 0 Å². The highest BCUT2D eigenvalue weighted by atomic mass is 32.1. The average molecular weight is 801 g/mol. The van der Waals surface area contributed by atoms with E-state index in [1.165, 1.54) is 70.5 Å². The summed E-state index contributed by atoms with van der Waals surface area (Å²) in [7, 11) is 0. The Balaban J connectivity index is 1.09. The van der Waals surface area contributed by atoms with Crippen LogP contribution >= 0.6 is 11.3 Å². The minimum absolute atomic E-state index is 0.437. The number of para-hydroxylation sites is 3. The van der Waals surface area contributed by atoms with Crippen LogP contribution in [0.25, 0.3) is 31.3 Å². The van der Waals surface area contributed by atoms with Gasteiger partial charge in [-0.15, -0.1) is 11.3 Å². The van der Waals surface area contributed by atoms with Crippen molar-refractivity contribution in [1.29, 1.82) is 0 Å². The second kappa shape index (κ2) is 15.1. The van der Waals surface area contributed by atoms with E-state index in [4.69, 9.17) is 0 Å². The molecule has 292 valence electrons. The van der Waals surface area contributed by atoms with Gasteiger partial charge in [0, 0.05) is 42.9 Å². The van der Waals surface area contributed by atoms with Crippen LogP contribution in [0.5, 0.6) is 0 Å². The second-order valence-corrected chi connectivity index (χ2v) is 17.3. The molecular weight excluding hydrogens is 757 g/mol. The lowest BCUT2D eigenvalue weighted by molar-refractivity contribution is 0.737. The molecule has 0 amide bonds. The summed E-state index contributed by atoms with van der Waals surface area (Å²) in [6.45, 7) is 4.55. The summed E-state index contributed by atoms with van der Waals surface area (Å²) in [6.07, 6.45) is 0. The van der Waals surface area contributed by atoms with E-state index in [1.54, 1.807) is 0 Å². The molecule has 10 aromatic rings. The maximum Gasteiger partial charge on any atom is 0.0756 e. The number of benzene rings is 9. The van der Waals surface area contributed by atoms with Crippen molar-refractivity contribution in [1.82, 2.24) is 0 Å². The highest BCUT2D eigenvalue weighted by Crippen LogP contribution is 2.59. The molecule has 0 fully saturated rings. The second-order valence-electron chi connectivity index (χ2n) is 16.3. The Morgan fingerprint density at radius 1 is 0.426 bits per heavy atom. The fourth-order valence-electron chi connectivity index (χ4n) is 9.65. The Labute approximate surface area is 362 Å². The van der Waals surface area contributed by atoms with Gasteiger partial charge in [0.05, 0.1) is 16.8 Å². The average Bonchev–Trinajstić information content (AvgIpc) is 3.71. The largest absolute Gasteiger partial charge is 0.311 e. The third-order valence-corrected chi connectivity index (χ3v) is 13.7. The van der Waals surface area contributed by atoms with Crippen LogP contribution in [0.1, 0.15) is 47.6 Å². The topological polar surface area (TPSA) is 6.48 Å². The standard InChI is InChI=1S/C58H44N2S/c1-40(2)41-28-32-44(33-29-41)58(53-24-15-21-50-49-20-9-14-27-56(49)61-57(50)53)51-22-10-12-25-54(51)60(55-26-13-11-23-52(55)58)48-38-36-47(37-39-48)59(45-18-7-4-8-19-45)46-34-30-43(31-35-46)42-16-5-3-6-17-42/h3-40H,1-2H3. The molecule has 0 saturated heterocycles. The lowest BCUT2D eigenvalue weighted by Gasteiger charge is -2.46. The molecule has 0 saturated carbocycles. The monoisotopic (exact) mass is 800 g/mol. The minimum atomic E-state index is -0.588. The van der Waals surface area contributed by atoms with Crippen LogP contribution in [0.3, 0.4) is 0 Å². The van der Waals surface area contributed by atoms with E-state index in [1.807, 2.05) is 11.3 Å². The van der Waals surface area contributed by atoms with Gasteiger partial charge >= 0.3 is 0 Å². The summed E-state index contributed by atoms with van der Waals surface area (Å²) < 4.78 is 2.64. The lowest BCUT2D eigenvalue weighted by Crippen LogP contribution is -2.37. The normalized spacial score (nSPS) is 13.0. The van der Waals surface area contributed by atoms with E-state index < -0.39 is 5.41 Å². The van der Waals surface area contributed by atoms with Crippen LogP contribution in [-0.4, -0.2) is 0 Å². The van der Waals surface area contributed by atoms with E-state index in [2.05, 4.69) is 248 Å². The first-order chi connectivity index (χ1) is 30.1. The zero-order valence-electron chi connectivity index (χ0n) is 34.2. The van der Waals surface area contributed by atoms with Gasteiger partial charge in [-0.1, -0.05) is 172 Å². The van der Waals surface area contributed by atoms with Crippen molar-refractivity contribution in [3.63, 3.8) is 0 Å². The lowest BCUT2D eigenvalue weighted by atomic mass is 9.62. The van der Waals surface area contributed by atoms with Crippen LogP contribution in [0, 0.1) is 0 Å². The molecule has 3 heteroatoms. The summed E-state index contributed by atoms with van der Waals surface area (Å²) in [6, 6.07) is 82.7. The van der Waals surface area contributed by atoms with Gasteiger partial charge in [0.1, 0.15) is 0 Å². The zero-order valence-corrected chi connectivity index (χ0v) is 35.1. The third-order valence-electron chi connectivity index (χ3n) is 12.5. The number of rotatable bonds is 8. The Hall–Kier alpha value is -7.20. The predicted octanol–water partition coefficient (Wildman–Crippen LogP) is 16.5. The fraction of sp³-hybridized carbons (Fsp3) is 0.0690. The Kier molecular flexibility index (Phi) is 9.13. The number of hydrogen-bond donors (Lipinski definition) is 0. The highest BCUT2D eigenvalue weighted by molar-refractivity contribution is 7.26. The molecule has 61 heavy (non-hydrogen) atoms. The third kappa shape index (κ3) is 6.07. The minimum Gasteiger partial charge on any atom is -0.311 e. The van der Waals surface area contributed by atoms with Crippen molar-refractivity contribution in [3.8, 4) is 11.1 Å². The first-order valence-electron chi connectivity index (χ1n) is 21.2. The maximum atomic E-state index is 2.47. The Morgan fingerprint density at radius 3 is 1.59 bits per heavy atom. The molecule has 0 atom stereocenters. The van der Waals surface area contributed by atoms with Crippen molar-refractivity contribution >= 4 is 65.6 Å². The maximum absolute atomic E-state index is 2.47. The van der Waals surface area contributed by atoms with Crippen molar-refractivity contribution in [2.75, 3.05) is 9.80 Å². The first-order valence-corrected chi connectivity index (χ1v) is 22.0. The highest BCUT2D eigenvalue weighted by Gasteiger charge is 2.47. The molecule has 2 nitrogen and oxygen atoms in total. The van der Waals surface area contributed by atoms with Crippen molar-refractivity contribution in [2.45, 2.75) is 25.2 Å². The van der Waals surface area contributed by atoms with Crippen LogP contribution in [-0.2, 0) is 5.41 Å². The quantitative estimate of drug-likeness (QED) is 0.151. The molecular formula is C58H44N2S. The van der Waals surface area contributed by atoms with E-state index in [0.29, 0.717) is 5.92 Å². The van der Waals surface area contributed by atoms with Crippen LogP contribution in [0.4, 0.5) is 34.1 Å². The molecule has 0 bridgehead atoms. The molecule has 11 rings (SSSR count). The van der Waals surface area contributed by atoms with Gasteiger partial charge in [-0.3, -0.25) is 0 Å². The number of nitrogens with zero attached hydrogens (tertiary/aromatic N) is 2. The molecule has 0 N–H and O–H groups in total. The Bertz CT molecular complexity index is 3100. The van der Waals surface area contributed by atoms with E-state index >= 15 is 0 Å². The molecule has 1 aromatic heterocycles. The number of hydrogen-bond acceptors (Lipinski definition) is 3. The van der Waals surface area contributed by atoms with Crippen LogP contribution in [0.2, 0.25) is 0 Å². The van der Waals surface area contributed by atoms with E-state index in [-0.39, 0.29) is 0 Å². The van der Waals surface area contributed by atoms with Gasteiger partial charge in [-0.2, -0.15) is 0 Å². The van der Waals surface area contributed by atoms with Gasteiger partial charge in [-0.05, 0) is 112 Å². The fourth-order valence-corrected chi connectivity index (χ4v) is 10.9. The summed E-state index contributed by atoms with van der Waals surface area (Å²) in [5.74, 6) is 0.437. The molecule has 0 aliphatic carbocycles. The van der Waals surface area contributed by atoms with E-state index in [0.717, 1.165) is 22.7 Å². The summed E-state index contributed by atoms with van der Waals surface area (Å²) in [5.41, 5.74) is 15.1. The van der Waals surface area contributed by atoms with Crippen LogP contribution < -0.4 is 9.80 Å². The van der Waals surface area contributed by atoms with Gasteiger partial charge in [-0.25, -0.2) is 0 Å². The molecule has 2 heterocycles. The molecule has 0 radical (unpaired) electrons. The summed E-state index contributed by atoms with van der Waals surface area (Å²) in [4.78, 5) is 4.82. The van der Waals surface area contributed by atoms with Gasteiger partial charge < -0.3 is 9.80 Å². The number of fused-ring (bicyclic) bond motifs is 5. The van der Waals surface area contributed by atoms with Gasteiger partial charge in [0.15, 0.2) is 0 Å². The molecule has 1 aliphatic heterocycles. The smallest absolute Gasteiger partial charge is 0.0756 e. The molecule has 9 aromatic carbocycles.